The van der Waals surface area contributed by atoms with Gasteiger partial charge in [0.2, 0.25) is 11.8 Å². The van der Waals surface area contributed by atoms with Crippen LogP contribution in [0.1, 0.15) is 31.2 Å². The molecule has 1 saturated carbocycles. The Hall–Kier alpha value is -1.49. The molecule has 0 radical (unpaired) electrons. The fourth-order valence-electron chi connectivity index (χ4n) is 3.19. The fraction of sp³-hybridized carbons (Fsp3) is 0.562. The van der Waals surface area contributed by atoms with Crippen LogP contribution in [0.15, 0.2) is 24.3 Å². The van der Waals surface area contributed by atoms with E-state index in [0.717, 1.165) is 11.3 Å². The molecule has 114 valence electrons. The number of ether oxygens (including phenoxy) is 1. The van der Waals surface area contributed by atoms with E-state index < -0.39 is 11.8 Å². The van der Waals surface area contributed by atoms with E-state index in [2.05, 4.69) is 0 Å². The number of carbonyl (C=O) groups is 1. The van der Waals surface area contributed by atoms with Crippen molar-refractivity contribution in [3.05, 3.63) is 29.8 Å². The zero-order valence-corrected chi connectivity index (χ0v) is 11.9. The van der Waals surface area contributed by atoms with Gasteiger partial charge in [-0.2, -0.15) is 0 Å². The summed E-state index contributed by atoms with van der Waals surface area (Å²) in [5.41, 5.74) is 1.74. The molecule has 1 aromatic rings. The third-order valence-corrected chi connectivity index (χ3v) is 4.25. The van der Waals surface area contributed by atoms with Crippen LogP contribution in [0.5, 0.6) is 0 Å². The smallest absolute Gasteiger partial charge is 0.248 e. The summed E-state index contributed by atoms with van der Waals surface area (Å²) in [5, 5.41) is 0. The Bertz CT molecular complexity index is 533. The molecule has 1 fully saturated rings. The molecule has 0 N–H and O–H groups in total. The topological polar surface area (TPSA) is 29.5 Å². The number of nitrogens with zero attached hydrogens (tertiary/aromatic N) is 1. The van der Waals surface area contributed by atoms with Crippen LogP contribution in [0.4, 0.5) is 14.5 Å². The number of para-hydroxylation sites is 1. The molecule has 0 spiro atoms. The van der Waals surface area contributed by atoms with Gasteiger partial charge in [-0.05, 0) is 18.9 Å². The number of hydrogen-bond donors (Lipinski definition) is 0. The third kappa shape index (κ3) is 3.07. The average Bonchev–Trinajstić information content (AvgIpc) is 2.68. The molecule has 0 aromatic heterocycles. The van der Waals surface area contributed by atoms with Crippen molar-refractivity contribution in [1.29, 1.82) is 0 Å². The molecule has 1 aromatic carbocycles. The van der Waals surface area contributed by atoms with Crippen LogP contribution in [-0.2, 0) is 16.1 Å². The number of halogens is 2. The molecular weight excluding hydrogens is 276 g/mol. The Morgan fingerprint density at radius 1 is 1.33 bits per heavy atom. The zero-order valence-electron chi connectivity index (χ0n) is 11.9. The summed E-state index contributed by atoms with van der Waals surface area (Å²) in [6.45, 7) is 1.32. The number of rotatable bonds is 1. The number of amides is 1. The van der Waals surface area contributed by atoms with E-state index in [-0.39, 0.29) is 18.7 Å². The molecule has 0 saturated heterocycles. The second-order valence-corrected chi connectivity index (χ2v) is 5.82. The second kappa shape index (κ2) is 5.72. The van der Waals surface area contributed by atoms with Crippen molar-refractivity contribution in [2.24, 2.45) is 5.92 Å². The zero-order chi connectivity index (χ0) is 14.9. The van der Waals surface area contributed by atoms with Gasteiger partial charge >= 0.3 is 0 Å². The number of alkyl halides is 2. The molecule has 1 heterocycles. The minimum Gasteiger partial charge on any atom is -0.375 e. The van der Waals surface area contributed by atoms with Crippen molar-refractivity contribution in [2.45, 2.75) is 38.2 Å². The highest BCUT2D eigenvalue weighted by Gasteiger charge is 2.41. The molecule has 3 nitrogen and oxygen atoms in total. The standard InChI is InChI=1S/C16H19F2NO2/c17-16(18)7-3-5-12(10-16)15(20)19-8-9-21-11-13-4-1-2-6-14(13)19/h1-2,4,6,12H,3,5,7-11H2/t12-/m0/s1. The summed E-state index contributed by atoms with van der Waals surface area (Å²) in [4.78, 5) is 14.3. The molecule has 1 amide bonds. The first-order valence-electron chi connectivity index (χ1n) is 7.42. The lowest BCUT2D eigenvalue weighted by atomic mass is 9.85. The van der Waals surface area contributed by atoms with Gasteiger partial charge < -0.3 is 9.64 Å². The van der Waals surface area contributed by atoms with Gasteiger partial charge in [-0.1, -0.05) is 18.2 Å². The van der Waals surface area contributed by atoms with Crippen molar-refractivity contribution < 1.29 is 18.3 Å². The van der Waals surface area contributed by atoms with Crippen molar-refractivity contribution in [1.82, 2.24) is 0 Å². The predicted octanol–water partition coefficient (Wildman–Crippen LogP) is 3.38. The van der Waals surface area contributed by atoms with Gasteiger partial charge in [-0.15, -0.1) is 0 Å². The van der Waals surface area contributed by atoms with Crippen LogP contribution < -0.4 is 4.90 Å². The Balaban J connectivity index is 1.84. The quantitative estimate of drug-likeness (QED) is 0.795. The Kier molecular flexibility index (Phi) is 3.93. The van der Waals surface area contributed by atoms with E-state index in [1.807, 2.05) is 24.3 Å². The van der Waals surface area contributed by atoms with Gasteiger partial charge in [0.1, 0.15) is 0 Å². The van der Waals surface area contributed by atoms with E-state index in [1.165, 1.54) is 0 Å². The molecule has 3 rings (SSSR count). The van der Waals surface area contributed by atoms with E-state index >= 15 is 0 Å². The van der Waals surface area contributed by atoms with Crippen LogP contribution in [0.25, 0.3) is 0 Å². The van der Waals surface area contributed by atoms with E-state index in [0.29, 0.717) is 32.6 Å². The first kappa shape index (κ1) is 14.4. The summed E-state index contributed by atoms with van der Waals surface area (Å²) in [6, 6.07) is 7.53. The van der Waals surface area contributed by atoms with Crippen molar-refractivity contribution in [3.8, 4) is 0 Å². The lowest BCUT2D eigenvalue weighted by Crippen LogP contribution is -2.41. The molecule has 0 bridgehead atoms. The van der Waals surface area contributed by atoms with Gasteiger partial charge in [0.25, 0.3) is 0 Å². The normalized spacial score (nSPS) is 25.0. The second-order valence-electron chi connectivity index (χ2n) is 5.82. The molecular formula is C16H19F2NO2. The maximum absolute atomic E-state index is 13.6. The molecule has 21 heavy (non-hydrogen) atoms. The Labute approximate surface area is 122 Å². The summed E-state index contributed by atoms with van der Waals surface area (Å²) < 4.78 is 32.6. The minimum atomic E-state index is -2.71. The molecule has 2 aliphatic rings. The van der Waals surface area contributed by atoms with Gasteiger partial charge in [-0.25, -0.2) is 8.78 Å². The minimum absolute atomic E-state index is 0.101. The van der Waals surface area contributed by atoms with Gasteiger partial charge in [0.15, 0.2) is 0 Å². The molecule has 1 aliphatic carbocycles. The monoisotopic (exact) mass is 295 g/mol. The lowest BCUT2D eigenvalue weighted by Gasteiger charge is -2.32. The summed E-state index contributed by atoms with van der Waals surface area (Å²) in [6.07, 6.45) is 0.533. The van der Waals surface area contributed by atoms with Crippen molar-refractivity contribution in [3.63, 3.8) is 0 Å². The number of fused-ring (bicyclic) bond motifs is 1. The highest BCUT2D eigenvalue weighted by Crippen LogP contribution is 2.38. The molecule has 5 heteroatoms. The van der Waals surface area contributed by atoms with E-state index in [1.54, 1.807) is 4.90 Å². The maximum atomic E-state index is 13.6. The highest BCUT2D eigenvalue weighted by atomic mass is 19.3. The van der Waals surface area contributed by atoms with Crippen molar-refractivity contribution >= 4 is 11.6 Å². The van der Waals surface area contributed by atoms with Crippen LogP contribution in [0, 0.1) is 5.92 Å². The highest BCUT2D eigenvalue weighted by molar-refractivity contribution is 5.96. The van der Waals surface area contributed by atoms with Gasteiger partial charge in [0.05, 0.1) is 13.2 Å². The SMILES string of the molecule is O=C([C@H]1CCCC(F)(F)C1)N1CCOCc2ccccc21. The molecule has 1 aliphatic heterocycles. The molecule has 1 atom stereocenters. The predicted molar refractivity (Wildman–Crippen MR) is 75.4 cm³/mol. The van der Waals surface area contributed by atoms with E-state index in [9.17, 15) is 13.6 Å². The first-order valence-corrected chi connectivity index (χ1v) is 7.42. The number of carbonyl (C=O) groups excluding carboxylic acids is 1. The Morgan fingerprint density at radius 3 is 2.95 bits per heavy atom. The van der Waals surface area contributed by atoms with Crippen molar-refractivity contribution in [2.75, 3.05) is 18.1 Å². The number of hydrogen-bond acceptors (Lipinski definition) is 2. The average molecular weight is 295 g/mol. The number of benzene rings is 1. The number of anilines is 1. The van der Waals surface area contributed by atoms with Crippen LogP contribution in [0.3, 0.4) is 0 Å². The lowest BCUT2D eigenvalue weighted by molar-refractivity contribution is -0.129. The maximum Gasteiger partial charge on any atom is 0.248 e. The Morgan fingerprint density at radius 2 is 2.14 bits per heavy atom. The summed E-state index contributed by atoms with van der Waals surface area (Å²) in [7, 11) is 0. The van der Waals surface area contributed by atoms with Crippen LogP contribution in [-0.4, -0.2) is 25.0 Å². The molecule has 0 unspecified atom stereocenters. The van der Waals surface area contributed by atoms with Crippen LogP contribution >= 0.6 is 0 Å². The van der Waals surface area contributed by atoms with E-state index in [4.69, 9.17) is 4.74 Å². The van der Waals surface area contributed by atoms with Gasteiger partial charge in [-0.3, -0.25) is 4.79 Å². The summed E-state index contributed by atoms with van der Waals surface area (Å²) in [5.74, 6) is -3.48. The van der Waals surface area contributed by atoms with Gasteiger partial charge in [0, 0.05) is 36.6 Å². The fourth-order valence-corrected chi connectivity index (χ4v) is 3.19. The first-order chi connectivity index (χ1) is 10.1. The van der Waals surface area contributed by atoms with Crippen LogP contribution in [0.2, 0.25) is 0 Å². The summed E-state index contributed by atoms with van der Waals surface area (Å²) >= 11 is 0. The largest absolute Gasteiger partial charge is 0.375 e. The third-order valence-electron chi connectivity index (χ3n) is 4.25.